The summed E-state index contributed by atoms with van der Waals surface area (Å²) in [4.78, 5) is 14.5. The summed E-state index contributed by atoms with van der Waals surface area (Å²) in [6.07, 6.45) is 1.19. The lowest BCUT2D eigenvalue weighted by atomic mass is 10.1. The normalized spacial score (nSPS) is 12.5. The molecule has 0 aromatic heterocycles. The van der Waals surface area contributed by atoms with Crippen molar-refractivity contribution < 1.29 is 9.90 Å². The summed E-state index contributed by atoms with van der Waals surface area (Å²) in [5.41, 5.74) is 10.3. The Morgan fingerprint density at radius 1 is 1.64 bits per heavy atom. The molecule has 82 valence electrons. The third-order valence-corrected chi connectivity index (χ3v) is 2.32. The van der Waals surface area contributed by atoms with Gasteiger partial charge in [0.1, 0.15) is 6.04 Å². The van der Waals surface area contributed by atoms with Crippen LogP contribution in [-0.2, 0) is 4.79 Å². The number of carbonyl (C=O) groups is 1. The lowest BCUT2D eigenvalue weighted by molar-refractivity contribution is -0.140. The highest BCUT2D eigenvalue weighted by molar-refractivity contribution is 14.1. The van der Waals surface area contributed by atoms with Crippen molar-refractivity contribution in [2.24, 2.45) is 16.5 Å². The number of aliphatic carboxylic acids is 1. The van der Waals surface area contributed by atoms with Crippen LogP contribution in [0.2, 0.25) is 0 Å². The van der Waals surface area contributed by atoms with Crippen LogP contribution in [0.3, 0.4) is 0 Å². The summed E-state index contributed by atoms with van der Waals surface area (Å²) >= 11 is 1.95. The van der Waals surface area contributed by atoms with Crippen LogP contribution >= 0.6 is 22.9 Å². The van der Waals surface area contributed by atoms with Crippen molar-refractivity contribution in [3.8, 4) is 0 Å². The zero-order chi connectivity index (χ0) is 11.1. The van der Waals surface area contributed by atoms with E-state index in [1.54, 1.807) is 10.2 Å². The minimum absolute atomic E-state index is 0.0414. The fourth-order valence-corrected chi connectivity index (χ4v) is 1.46. The number of guanidine groups is 1. The minimum Gasteiger partial charge on any atom is -0.480 e. The number of likely N-dealkylation sites (N-methyl/N-ethyl adjacent to an activating group) is 1. The van der Waals surface area contributed by atoms with Gasteiger partial charge in [0.2, 0.25) is 0 Å². The molecule has 0 aromatic rings. The Bertz CT molecular complexity index is 216. The fourth-order valence-electron chi connectivity index (χ4n) is 0.946. The molecule has 0 amide bonds. The Kier molecular flexibility index (Phi) is 6.54. The fraction of sp³-hybridized carbons (Fsp3) is 0.714. The molecule has 0 radical (unpaired) electrons. The molecule has 0 aliphatic rings. The molecule has 0 aliphatic heterocycles. The maximum absolute atomic E-state index is 10.7. The van der Waals surface area contributed by atoms with E-state index in [2.05, 4.69) is 4.99 Å². The molecule has 1 atom stereocenters. The zero-order valence-corrected chi connectivity index (χ0v) is 10.1. The quantitative estimate of drug-likeness (QED) is 0.207. The Morgan fingerprint density at radius 2 is 2.21 bits per heavy atom. The van der Waals surface area contributed by atoms with Gasteiger partial charge in [0.25, 0.3) is 0 Å². The van der Waals surface area contributed by atoms with E-state index in [9.17, 15) is 4.79 Å². The average molecular weight is 314 g/mol. The van der Waals surface area contributed by atoms with Gasteiger partial charge in [0.05, 0.1) is 0 Å². The van der Waals surface area contributed by atoms with Crippen molar-refractivity contribution in [3.63, 3.8) is 0 Å². The van der Waals surface area contributed by atoms with Gasteiger partial charge in [0.15, 0.2) is 5.96 Å². The van der Waals surface area contributed by atoms with Gasteiger partial charge in [0, 0.05) is 29.4 Å². The molecule has 0 rings (SSSR count). The first-order valence-electron chi connectivity index (χ1n) is 4.12. The van der Waals surface area contributed by atoms with Crippen LogP contribution in [0.1, 0.15) is 12.8 Å². The lowest BCUT2D eigenvalue weighted by Gasteiger charge is -2.16. The first kappa shape index (κ1) is 13.4. The summed E-state index contributed by atoms with van der Waals surface area (Å²) in [6, 6.07) is -0.482. The number of hydrogen-bond donors (Lipinski definition) is 3. The van der Waals surface area contributed by atoms with Crippen molar-refractivity contribution >= 4 is 34.8 Å². The molecule has 0 spiro atoms. The van der Waals surface area contributed by atoms with Gasteiger partial charge in [-0.05, 0) is 19.9 Å². The van der Waals surface area contributed by atoms with E-state index in [0.29, 0.717) is 19.4 Å². The second-order valence-corrected chi connectivity index (χ2v) is 4.35. The van der Waals surface area contributed by atoms with Gasteiger partial charge in [-0.15, -0.1) is 0 Å². The molecule has 0 aliphatic carbocycles. The predicted octanol–water partition coefficient (Wildman–Crippen LogP) is -0.225. The van der Waals surface area contributed by atoms with Crippen molar-refractivity contribution in [3.05, 3.63) is 0 Å². The second kappa shape index (κ2) is 6.82. The number of rotatable bonds is 6. The van der Waals surface area contributed by atoms with E-state index in [1.165, 1.54) is 0 Å². The maximum atomic E-state index is 10.7. The molecule has 0 bridgehead atoms. The molecule has 5 N–H and O–H groups in total. The van der Waals surface area contributed by atoms with E-state index in [1.807, 2.05) is 22.9 Å². The SMILES string of the molecule is CN(I)[C@@H](CCCN=C(N)N)C(=O)O. The van der Waals surface area contributed by atoms with Gasteiger partial charge in [-0.1, -0.05) is 0 Å². The topological polar surface area (TPSA) is 105 Å². The summed E-state index contributed by atoms with van der Waals surface area (Å²) < 4.78 is 1.63. The summed E-state index contributed by atoms with van der Waals surface area (Å²) in [5.74, 6) is -0.786. The highest BCUT2D eigenvalue weighted by Crippen LogP contribution is 2.09. The Balaban J connectivity index is 3.84. The van der Waals surface area contributed by atoms with Crippen LogP contribution in [-0.4, -0.2) is 39.8 Å². The zero-order valence-electron chi connectivity index (χ0n) is 7.98. The smallest absolute Gasteiger partial charge is 0.321 e. The van der Waals surface area contributed by atoms with Crippen molar-refractivity contribution in [2.75, 3.05) is 13.6 Å². The first-order valence-corrected chi connectivity index (χ1v) is 5.08. The van der Waals surface area contributed by atoms with Crippen molar-refractivity contribution in [2.45, 2.75) is 18.9 Å². The van der Waals surface area contributed by atoms with Gasteiger partial charge in [-0.2, -0.15) is 0 Å². The Labute approximate surface area is 96.8 Å². The largest absolute Gasteiger partial charge is 0.480 e. The number of hydrogen-bond acceptors (Lipinski definition) is 3. The van der Waals surface area contributed by atoms with Gasteiger partial charge in [-0.3, -0.25) is 9.79 Å². The number of halogens is 1. The molecule has 0 fully saturated rings. The monoisotopic (exact) mass is 314 g/mol. The molecule has 0 heterocycles. The molecule has 7 heteroatoms. The predicted molar refractivity (Wildman–Crippen MR) is 63.1 cm³/mol. The molecule has 0 unspecified atom stereocenters. The minimum atomic E-state index is -0.827. The average Bonchev–Trinajstić information content (AvgIpc) is 2.01. The summed E-state index contributed by atoms with van der Waals surface area (Å²) in [5, 5.41) is 8.82. The molecule has 0 aromatic carbocycles. The molecular formula is C7H15IN4O2. The van der Waals surface area contributed by atoms with Crippen LogP contribution < -0.4 is 11.5 Å². The standard InChI is InChI=1S/C7H15IN4O2/c1-12(8)5(6(13)14)3-2-4-11-7(9)10/h5H,2-4H2,1H3,(H,13,14)(H4,9,10,11)/t5-/m0/s1. The number of nitrogens with two attached hydrogens (primary N) is 2. The third-order valence-electron chi connectivity index (χ3n) is 1.64. The van der Waals surface area contributed by atoms with Crippen LogP contribution in [0.25, 0.3) is 0 Å². The van der Waals surface area contributed by atoms with Crippen LogP contribution in [0.15, 0.2) is 4.99 Å². The van der Waals surface area contributed by atoms with Crippen LogP contribution in [0.4, 0.5) is 0 Å². The molecular weight excluding hydrogens is 299 g/mol. The highest BCUT2D eigenvalue weighted by atomic mass is 127. The van der Waals surface area contributed by atoms with Crippen LogP contribution in [0, 0.1) is 0 Å². The van der Waals surface area contributed by atoms with E-state index in [4.69, 9.17) is 16.6 Å². The number of carboxylic acids is 1. The molecule has 6 nitrogen and oxygen atoms in total. The van der Waals surface area contributed by atoms with Crippen LogP contribution in [0.5, 0.6) is 0 Å². The number of nitrogens with zero attached hydrogens (tertiary/aromatic N) is 2. The summed E-state index contributed by atoms with van der Waals surface area (Å²) in [7, 11) is 1.72. The van der Waals surface area contributed by atoms with Gasteiger partial charge in [-0.25, -0.2) is 3.11 Å². The van der Waals surface area contributed by atoms with Crippen molar-refractivity contribution in [1.29, 1.82) is 0 Å². The number of aliphatic imine (C=N–C) groups is 1. The van der Waals surface area contributed by atoms with Gasteiger partial charge >= 0.3 is 5.97 Å². The first-order chi connectivity index (χ1) is 6.45. The third kappa shape index (κ3) is 5.97. The van der Waals surface area contributed by atoms with Crippen molar-refractivity contribution in [1.82, 2.24) is 3.11 Å². The van der Waals surface area contributed by atoms with E-state index in [-0.39, 0.29) is 5.96 Å². The molecule has 0 saturated carbocycles. The van der Waals surface area contributed by atoms with E-state index >= 15 is 0 Å². The van der Waals surface area contributed by atoms with Gasteiger partial charge < -0.3 is 16.6 Å². The summed E-state index contributed by atoms with van der Waals surface area (Å²) in [6.45, 7) is 0.469. The molecule has 14 heavy (non-hydrogen) atoms. The van der Waals surface area contributed by atoms with E-state index in [0.717, 1.165) is 0 Å². The molecule has 0 saturated heterocycles. The lowest BCUT2D eigenvalue weighted by Crippen LogP contribution is -2.32. The Morgan fingerprint density at radius 3 is 2.57 bits per heavy atom. The highest BCUT2D eigenvalue weighted by Gasteiger charge is 2.19. The van der Waals surface area contributed by atoms with E-state index < -0.39 is 12.0 Å². The Hall–Kier alpha value is -0.570. The second-order valence-electron chi connectivity index (χ2n) is 2.83. The maximum Gasteiger partial charge on any atom is 0.321 e. The number of carboxylic acid groups (broad SMARTS) is 1.